The third-order valence-electron chi connectivity index (χ3n) is 9.57. The van der Waals surface area contributed by atoms with Crippen molar-refractivity contribution in [1.29, 1.82) is 0 Å². The number of sulfone groups is 1. The van der Waals surface area contributed by atoms with Gasteiger partial charge in [-0.3, -0.25) is 4.79 Å². The molecule has 0 radical (unpaired) electrons. The van der Waals surface area contributed by atoms with E-state index in [0.717, 1.165) is 35.7 Å². The van der Waals surface area contributed by atoms with Crippen molar-refractivity contribution in [3.05, 3.63) is 107 Å². The van der Waals surface area contributed by atoms with E-state index in [0.29, 0.717) is 44.1 Å². The number of amides is 2. The van der Waals surface area contributed by atoms with Crippen molar-refractivity contribution < 1.29 is 36.6 Å². The summed E-state index contributed by atoms with van der Waals surface area (Å²) in [5.41, 5.74) is 8.26. The Morgan fingerprint density at radius 2 is 1.55 bits per heavy atom. The van der Waals surface area contributed by atoms with E-state index in [1.165, 1.54) is 4.90 Å². The van der Waals surface area contributed by atoms with Gasteiger partial charge in [0.25, 0.3) is 0 Å². The van der Waals surface area contributed by atoms with E-state index in [9.17, 15) is 31.9 Å². The van der Waals surface area contributed by atoms with Crippen LogP contribution in [0.2, 0.25) is 0 Å². The van der Waals surface area contributed by atoms with E-state index < -0.39 is 68.2 Å². The largest absolute Gasteiger partial charge is 0.445 e. The highest BCUT2D eigenvalue weighted by Gasteiger charge is 2.53. The lowest BCUT2D eigenvalue weighted by atomic mass is 9.96. The second-order valence-electron chi connectivity index (χ2n) is 13.5. The Morgan fingerprint density at radius 3 is 2.14 bits per heavy atom. The Balaban J connectivity index is 1.70. The maximum Gasteiger partial charge on any atom is 0.408 e. The van der Waals surface area contributed by atoms with E-state index in [-0.39, 0.29) is 25.1 Å². The number of benzene rings is 3. The summed E-state index contributed by atoms with van der Waals surface area (Å²) in [7, 11) is -3.91. The minimum atomic E-state index is -3.91. The first-order valence-electron chi connectivity index (χ1n) is 17.8. The van der Waals surface area contributed by atoms with Gasteiger partial charge in [-0.25, -0.2) is 22.0 Å². The number of hydrogen-bond donors (Lipinski definition) is 3. The summed E-state index contributed by atoms with van der Waals surface area (Å²) >= 11 is 0. The van der Waals surface area contributed by atoms with E-state index in [1.54, 1.807) is 24.3 Å². The van der Waals surface area contributed by atoms with E-state index >= 15 is 0 Å². The van der Waals surface area contributed by atoms with E-state index in [1.807, 2.05) is 51.1 Å². The molecule has 4 N–H and O–H groups in total. The van der Waals surface area contributed by atoms with Crippen molar-refractivity contribution in [3.8, 4) is 0 Å². The molecule has 9 nitrogen and oxygen atoms in total. The normalized spacial score (nSPS) is 15.5. The third kappa shape index (κ3) is 10.8. The standard InChI is InChI=1S/C39H51F2N3O6S/c1-4-11-33(12-5-2)51(48,49)26-35(43-38(47)50-25-28-13-8-7-9-14-28)37(46)44(39(17-18-39)30-16-10-15-27(6-3)19-30)24-36(45)34(42)22-29-20-31(40)23-32(41)21-29/h7-10,13-16,19-21,23,33-36,45H,4-6,11-12,17-18,22,24-26,42H2,1-3H3,(H,43,47)/t34-,35?,36+/m0/s1. The fourth-order valence-electron chi connectivity index (χ4n) is 6.63. The molecule has 51 heavy (non-hydrogen) atoms. The van der Waals surface area contributed by atoms with Crippen molar-refractivity contribution in [2.24, 2.45) is 5.73 Å². The number of aryl methyl sites for hydroxylation is 1. The second-order valence-corrected chi connectivity index (χ2v) is 15.9. The molecule has 0 saturated heterocycles. The highest BCUT2D eigenvalue weighted by molar-refractivity contribution is 7.92. The number of carbonyl (C=O) groups excluding carboxylic acids is 2. The van der Waals surface area contributed by atoms with Gasteiger partial charge in [0, 0.05) is 18.7 Å². The molecule has 278 valence electrons. The number of halogens is 2. The van der Waals surface area contributed by atoms with Gasteiger partial charge in [0.2, 0.25) is 5.91 Å². The highest BCUT2D eigenvalue weighted by atomic mass is 32.2. The number of carbonyl (C=O) groups is 2. The number of aliphatic hydroxyl groups is 1. The van der Waals surface area contributed by atoms with Crippen molar-refractivity contribution in [3.63, 3.8) is 0 Å². The van der Waals surface area contributed by atoms with Gasteiger partial charge in [-0.1, -0.05) is 88.2 Å². The Labute approximate surface area is 300 Å². The van der Waals surface area contributed by atoms with Crippen LogP contribution in [0.3, 0.4) is 0 Å². The van der Waals surface area contributed by atoms with Crippen molar-refractivity contribution in [2.45, 2.75) is 108 Å². The fourth-order valence-corrected chi connectivity index (χ4v) is 8.79. The average molecular weight is 728 g/mol. The number of nitrogens with zero attached hydrogens (tertiary/aromatic N) is 1. The summed E-state index contributed by atoms with van der Waals surface area (Å²) in [4.78, 5) is 29.5. The third-order valence-corrected chi connectivity index (χ3v) is 11.9. The molecule has 4 rings (SSSR count). The molecule has 3 atom stereocenters. The maximum absolute atomic E-state index is 14.8. The predicted octanol–water partition coefficient (Wildman–Crippen LogP) is 5.95. The number of rotatable bonds is 19. The molecule has 1 aliphatic carbocycles. The van der Waals surface area contributed by atoms with Gasteiger partial charge in [-0.2, -0.15) is 0 Å². The average Bonchev–Trinajstić information content (AvgIpc) is 3.91. The number of nitrogens with one attached hydrogen (secondary N) is 1. The molecule has 0 bridgehead atoms. The topological polar surface area (TPSA) is 139 Å². The van der Waals surface area contributed by atoms with Gasteiger partial charge in [0.15, 0.2) is 9.84 Å². The first-order chi connectivity index (χ1) is 24.3. The smallest absolute Gasteiger partial charge is 0.408 e. The minimum Gasteiger partial charge on any atom is -0.445 e. The summed E-state index contributed by atoms with van der Waals surface area (Å²) in [5, 5.41) is 13.3. The molecule has 1 saturated carbocycles. The summed E-state index contributed by atoms with van der Waals surface area (Å²) in [6.45, 7) is 5.38. The van der Waals surface area contributed by atoms with Crippen molar-refractivity contribution >= 4 is 21.8 Å². The first-order valence-corrected chi connectivity index (χ1v) is 19.5. The second kappa shape index (κ2) is 18.1. The lowest BCUT2D eigenvalue weighted by molar-refractivity contribution is -0.138. The molecule has 3 aromatic carbocycles. The number of aliphatic hydroxyl groups excluding tert-OH is 1. The zero-order valence-corrected chi connectivity index (χ0v) is 30.5. The molecule has 1 unspecified atom stereocenters. The highest BCUT2D eigenvalue weighted by Crippen LogP contribution is 2.51. The molecule has 0 spiro atoms. The Hall–Kier alpha value is -3.87. The SMILES string of the molecule is CCCC(CCC)S(=O)(=O)CC(NC(=O)OCc1ccccc1)C(=O)N(C[C@@H](O)[C@@H](N)Cc1cc(F)cc(F)c1)C1(c2cccc(CC)c2)CC1. The molecule has 3 aromatic rings. The molecule has 0 aliphatic heterocycles. The van der Waals surface area contributed by atoms with E-state index in [2.05, 4.69) is 5.32 Å². The molecule has 12 heteroatoms. The van der Waals surface area contributed by atoms with Crippen LogP contribution in [0.1, 0.15) is 81.5 Å². The summed E-state index contributed by atoms with van der Waals surface area (Å²) in [6.07, 6.45) is 1.41. The van der Waals surface area contributed by atoms with Crippen LogP contribution in [0, 0.1) is 11.6 Å². The molecular formula is C39H51F2N3O6S. The van der Waals surface area contributed by atoms with Gasteiger partial charge in [-0.05, 0) is 72.9 Å². The number of ether oxygens (including phenoxy) is 1. The van der Waals surface area contributed by atoms with Crippen LogP contribution in [-0.4, -0.2) is 66.2 Å². The predicted molar refractivity (Wildman–Crippen MR) is 193 cm³/mol. The Kier molecular flexibility index (Phi) is 14.1. The lowest BCUT2D eigenvalue weighted by Crippen LogP contribution is -2.58. The van der Waals surface area contributed by atoms with Crippen LogP contribution in [0.25, 0.3) is 0 Å². The van der Waals surface area contributed by atoms with Crippen molar-refractivity contribution in [1.82, 2.24) is 10.2 Å². The van der Waals surface area contributed by atoms with Crippen LogP contribution < -0.4 is 11.1 Å². The van der Waals surface area contributed by atoms with Crippen LogP contribution in [0.4, 0.5) is 13.6 Å². The number of nitrogens with two attached hydrogens (primary N) is 1. The van der Waals surface area contributed by atoms with E-state index in [4.69, 9.17) is 10.5 Å². The lowest BCUT2D eigenvalue weighted by Gasteiger charge is -2.38. The van der Waals surface area contributed by atoms with Gasteiger partial charge >= 0.3 is 6.09 Å². The maximum atomic E-state index is 14.8. The minimum absolute atomic E-state index is 0.0895. The number of alkyl carbamates (subject to hydrolysis) is 1. The molecule has 0 aromatic heterocycles. The molecule has 1 fully saturated rings. The summed E-state index contributed by atoms with van der Waals surface area (Å²) < 4.78 is 61.2. The zero-order valence-electron chi connectivity index (χ0n) is 29.7. The van der Waals surface area contributed by atoms with Crippen LogP contribution >= 0.6 is 0 Å². The molecule has 1 aliphatic rings. The Bertz CT molecular complexity index is 1690. The molecular weight excluding hydrogens is 677 g/mol. The monoisotopic (exact) mass is 727 g/mol. The van der Waals surface area contributed by atoms with Gasteiger partial charge in [0.1, 0.15) is 24.3 Å². The van der Waals surface area contributed by atoms with Gasteiger partial charge in [0.05, 0.1) is 22.6 Å². The van der Waals surface area contributed by atoms with Gasteiger partial charge in [-0.15, -0.1) is 0 Å². The number of hydrogen-bond acceptors (Lipinski definition) is 7. The molecule has 0 heterocycles. The first kappa shape index (κ1) is 39.9. The van der Waals surface area contributed by atoms with Crippen LogP contribution in [-0.2, 0) is 44.4 Å². The Morgan fingerprint density at radius 1 is 0.922 bits per heavy atom. The summed E-state index contributed by atoms with van der Waals surface area (Å²) in [5.74, 6) is -2.93. The summed E-state index contributed by atoms with van der Waals surface area (Å²) in [6, 6.07) is 17.1. The van der Waals surface area contributed by atoms with Crippen LogP contribution in [0.15, 0.2) is 72.8 Å². The quantitative estimate of drug-likeness (QED) is 0.139. The van der Waals surface area contributed by atoms with Crippen molar-refractivity contribution in [2.75, 3.05) is 12.3 Å². The fraction of sp³-hybridized carbons (Fsp3) is 0.487. The van der Waals surface area contributed by atoms with Crippen LogP contribution in [0.5, 0.6) is 0 Å². The molecule has 2 amide bonds. The zero-order chi connectivity index (χ0) is 37.2. The van der Waals surface area contributed by atoms with Gasteiger partial charge < -0.3 is 25.8 Å².